The molecule has 2 N–H and O–H groups in total. The highest BCUT2D eigenvalue weighted by molar-refractivity contribution is 7.80. The molecular formula is C20H24N2O2S. The van der Waals surface area contributed by atoms with Crippen LogP contribution in [0.3, 0.4) is 0 Å². The van der Waals surface area contributed by atoms with Gasteiger partial charge in [0.25, 0.3) is 0 Å². The molecule has 0 saturated heterocycles. The first kappa shape index (κ1) is 18.9. The third-order valence-corrected chi connectivity index (χ3v) is 3.80. The molecule has 0 saturated carbocycles. The van der Waals surface area contributed by atoms with Gasteiger partial charge in [0.1, 0.15) is 12.4 Å². The van der Waals surface area contributed by atoms with Gasteiger partial charge in [0.05, 0.1) is 0 Å². The molecule has 0 aliphatic heterocycles. The second-order valence-corrected chi connectivity index (χ2v) is 6.17. The predicted octanol–water partition coefficient (Wildman–Crippen LogP) is 4.66. The van der Waals surface area contributed by atoms with Crippen molar-refractivity contribution in [3.8, 4) is 5.75 Å². The first-order chi connectivity index (χ1) is 12.2. The molecular weight excluding hydrogens is 332 g/mol. The van der Waals surface area contributed by atoms with Crippen LogP contribution >= 0.6 is 12.2 Å². The summed E-state index contributed by atoms with van der Waals surface area (Å²) in [5.74, 6) is 0.688. The highest BCUT2D eigenvalue weighted by Crippen LogP contribution is 2.18. The van der Waals surface area contributed by atoms with E-state index in [-0.39, 0.29) is 5.91 Å². The van der Waals surface area contributed by atoms with Crippen LogP contribution in [0.25, 0.3) is 0 Å². The summed E-state index contributed by atoms with van der Waals surface area (Å²) in [7, 11) is 0. The van der Waals surface area contributed by atoms with Crippen molar-refractivity contribution in [3.05, 3.63) is 60.2 Å². The van der Waals surface area contributed by atoms with Gasteiger partial charge >= 0.3 is 0 Å². The molecule has 0 unspecified atom stereocenters. The van der Waals surface area contributed by atoms with Crippen LogP contribution < -0.4 is 15.4 Å². The molecule has 2 aromatic carbocycles. The van der Waals surface area contributed by atoms with Crippen molar-refractivity contribution in [1.82, 2.24) is 5.32 Å². The monoisotopic (exact) mass is 356 g/mol. The third-order valence-electron chi connectivity index (χ3n) is 3.60. The van der Waals surface area contributed by atoms with E-state index in [0.29, 0.717) is 18.1 Å². The van der Waals surface area contributed by atoms with Gasteiger partial charge in [-0.05, 0) is 36.3 Å². The lowest BCUT2D eigenvalue weighted by molar-refractivity contribution is -0.119. The number of anilines is 1. The van der Waals surface area contributed by atoms with E-state index >= 15 is 0 Å². The van der Waals surface area contributed by atoms with Crippen LogP contribution in [0.5, 0.6) is 5.75 Å². The zero-order chi connectivity index (χ0) is 17.9. The van der Waals surface area contributed by atoms with Crippen molar-refractivity contribution in [1.29, 1.82) is 0 Å². The average molecular weight is 356 g/mol. The van der Waals surface area contributed by atoms with Crippen molar-refractivity contribution >= 4 is 28.9 Å². The second kappa shape index (κ2) is 10.5. The Morgan fingerprint density at radius 2 is 1.88 bits per heavy atom. The van der Waals surface area contributed by atoms with Crippen LogP contribution in [-0.2, 0) is 11.4 Å². The van der Waals surface area contributed by atoms with Gasteiger partial charge in [0.2, 0.25) is 5.91 Å². The molecule has 2 aromatic rings. The smallest absolute Gasteiger partial charge is 0.226 e. The number of amides is 1. The van der Waals surface area contributed by atoms with E-state index in [0.717, 1.165) is 36.3 Å². The van der Waals surface area contributed by atoms with E-state index in [1.165, 1.54) is 0 Å². The number of benzene rings is 2. The summed E-state index contributed by atoms with van der Waals surface area (Å²) in [6.07, 6.45) is 3.52. The minimum atomic E-state index is -0.0533. The van der Waals surface area contributed by atoms with Crippen molar-refractivity contribution < 1.29 is 9.53 Å². The maximum Gasteiger partial charge on any atom is 0.226 e. The molecule has 0 spiro atoms. The van der Waals surface area contributed by atoms with Gasteiger partial charge in [-0.25, -0.2) is 0 Å². The standard InChI is InChI=1S/C20H24N2O2S/c1-2-3-5-13-19(23)22-20(25)21-17-11-8-12-18(14-17)24-15-16-9-6-4-7-10-16/h4,6-12,14H,2-3,5,13,15H2,1H3,(H2,21,22,23,25). The molecule has 0 radical (unpaired) electrons. The lowest BCUT2D eigenvalue weighted by Gasteiger charge is -2.11. The number of hydrogen-bond donors (Lipinski definition) is 2. The highest BCUT2D eigenvalue weighted by Gasteiger charge is 2.05. The summed E-state index contributed by atoms with van der Waals surface area (Å²) in [4.78, 5) is 11.8. The Hall–Kier alpha value is -2.40. The Morgan fingerprint density at radius 3 is 2.64 bits per heavy atom. The second-order valence-electron chi connectivity index (χ2n) is 5.76. The van der Waals surface area contributed by atoms with Crippen molar-refractivity contribution in [2.24, 2.45) is 0 Å². The quantitative estimate of drug-likeness (QED) is 0.533. The van der Waals surface area contributed by atoms with Gasteiger partial charge in [-0.15, -0.1) is 0 Å². The van der Waals surface area contributed by atoms with Crippen LogP contribution in [0, 0.1) is 0 Å². The molecule has 2 rings (SSSR count). The van der Waals surface area contributed by atoms with E-state index in [9.17, 15) is 4.79 Å². The number of hydrogen-bond acceptors (Lipinski definition) is 3. The van der Waals surface area contributed by atoms with Crippen molar-refractivity contribution in [2.75, 3.05) is 5.32 Å². The third kappa shape index (κ3) is 7.35. The normalized spacial score (nSPS) is 10.1. The Labute approximate surface area is 154 Å². The number of unbranched alkanes of at least 4 members (excludes halogenated alkanes) is 2. The number of nitrogens with one attached hydrogen (secondary N) is 2. The largest absolute Gasteiger partial charge is 0.489 e. The van der Waals surface area contributed by atoms with E-state index < -0.39 is 0 Å². The van der Waals surface area contributed by atoms with Gasteiger partial charge in [-0.3, -0.25) is 4.79 Å². The lowest BCUT2D eigenvalue weighted by atomic mass is 10.2. The summed E-state index contributed by atoms with van der Waals surface area (Å²) in [6, 6.07) is 17.5. The first-order valence-electron chi connectivity index (χ1n) is 8.55. The van der Waals surface area contributed by atoms with Gasteiger partial charge in [-0.1, -0.05) is 56.2 Å². The Morgan fingerprint density at radius 1 is 1.08 bits per heavy atom. The SMILES string of the molecule is CCCCCC(=O)NC(=S)Nc1cccc(OCc2ccccc2)c1. The average Bonchev–Trinajstić information content (AvgIpc) is 2.61. The van der Waals surface area contributed by atoms with Crippen LogP contribution in [-0.4, -0.2) is 11.0 Å². The molecule has 0 bridgehead atoms. The van der Waals surface area contributed by atoms with E-state index in [1.54, 1.807) is 0 Å². The van der Waals surface area contributed by atoms with E-state index in [1.807, 2.05) is 54.6 Å². The van der Waals surface area contributed by atoms with Gasteiger partial charge in [0, 0.05) is 18.2 Å². The number of ether oxygens (including phenoxy) is 1. The van der Waals surface area contributed by atoms with Crippen molar-refractivity contribution in [2.45, 2.75) is 39.2 Å². The molecule has 132 valence electrons. The lowest BCUT2D eigenvalue weighted by Crippen LogP contribution is -2.33. The fraction of sp³-hybridized carbons (Fsp3) is 0.300. The van der Waals surface area contributed by atoms with Gasteiger partial charge in [0.15, 0.2) is 5.11 Å². The summed E-state index contributed by atoms with van der Waals surface area (Å²) >= 11 is 5.19. The molecule has 0 fully saturated rings. The number of carbonyl (C=O) groups is 1. The predicted molar refractivity (Wildman–Crippen MR) is 106 cm³/mol. The molecule has 0 atom stereocenters. The van der Waals surface area contributed by atoms with Crippen molar-refractivity contribution in [3.63, 3.8) is 0 Å². The number of thiocarbonyl (C=S) groups is 1. The Bertz CT molecular complexity index is 689. The van der Waals surface area contributed by atoms with Crippen LogP contribution in [0.15, 0.2) is 54.6 Å². The van der Waals surface area contributed by atoms with Gasteiger partial charge in [-0.2, -0.15) is 0 Å². The Balaban J connectivity index is 1.82. The zero-order valence-corrected chi connectivity index (χ0v) is 15.3. The molecule has 0 aliphatic carbocycles. The van der Waals surface area contributed by atoms with E-state index in [4.69, 9.17) is 17.0 Å². The maximum atomic E-state index is 11.8. The first-order valence-corrected chi connectivity index (χ1v) is 8.96. The number of rotatable bonds is 8. The summed E-state index contributed by atoms with van der Waals surface area (Å²) in [5, 5.41) is 6.03. The van der Waals surface area contributed by atoms with Gasteiger partial charge < -0.3 is 15.4 Å². The fourth-order valence-electron chi connectivity index (χ4n) is 2.29. The molecule has 4 nitrogen and oxygen atoms in total. The van der Waals surface area contributed by atoms with Crippen LogP contribution in [0.4, 0.5) is 5.69 Å². The summed E-state index contributed by atoms with van der Waals surface area (Å²) < 4.78 is 5.79. The molecule has 0 aliphatic rings. The molecule has 1 amide bonds. The fourth-order valence-corrected chi connectivity index (χ4v) is 2.52. The minimum absolute atomic E-state index is 0.0533. The summed E-state index contributed by atoms with van der Waals surface area (Å²) in [5.41, 5.74) is 1.89. The topological polar surface area (TPSA) is 50.4 Å². The van der Waals surface area contributed by atoms with E-state index in [2.05, 4.69) is 17.6 Å². The number of carbonyl (C=O) groups excluding carboxylic acids is 1. The van der Waals surface area contributed by atoms with Crippen LogP contribution in [0.2, 0.25) is 0 Å². The molecule has 25 heavy (non-hydrogen) atoms. The highest BCUT2D eigenvalue weighted by atomic mass is 32.1. The molecule has 0 heterocycles. The maximum absolute atomic E-state index is 11.8. The van der Waals surface area contributed by atoms with Crippen LogP contribution in [0.1, 0.15) is 38.2 Å². The molecule has 0 aromatic heterocycles. The summed E-state index contributed by atoms with van der Waals surface area (Å²) in [6.45, 7) is 2.61. The zero-order valence-electron chi connectivity index (χ0n) is 14.5. The molecule has 5 heteroatoms. The minimum Gasteiger partial charge on any atom is -0.489 e. The Kier molecular flexibility index (Phi) is 7.92.